The molecule has 9 nitrogen and oxygen atoms in total. The quantitative estimate of drug-likeness (QED) is 0.446. The molecule has 1 amide bonds. The molecule has 4 aromatic rings. The van der Waals surface area contributed by atoms with Crippen LogP contribution in [0.5, 0.6) is 5.75 Å². The van der Waals surface area contributed by atoms with Crippen LogP contribution in [0.15, 0.2) is 82.8 Å². The maximum atomic E-state index is 13.1. The van der Waals surface area contributed by atoms with Crippen molar-refractivity contribution in [3.8, 4) is 11.4 Å². The summed E-state index contributed by atoms with van der Waals surface area (Å²) in [7, 11) is 0. The predicted molar refractivity (Wildman–Crippen MR) is 116 cm³/mol. The van der Waals surface area contributed by atoms with E-state index in [1.54, 1.807) is 42.7 Å². The molecule has 1 atom stereocenters. The van der Waals surface area contributed by atoms with Crippen LogP contribution in [-0.4, -0.2) is 43.4 Å². The summed E-state index contributed by atoms with van der Waals surface area (Å²) < 4.78 is 12.8. The minimum atomic E-state index is -0.348. The maximum absolute atomic E-state index is 13.1. The lowest BCUT2D eigenvalue weighted by molar-refractivity contribution is -0.135. The standard InChI is InChI=1S/C22H17ClN6O3/c23-16-8-6-15(7-9-16)19-12-20(21-5-2-10-31-21)29(25-19)22(30)13-32-18-4-1-3-17(11-18)28-14-24-26-27-28/h1-11,14,20H,12-13H2. The van der Waals surface area contributed by atoms with Gasteiger partial charge in [0.1, 0.15) is 23.9 Å². The highest BCUT2D eigenvalue weighted by Gasteiger charge is 2.35. The minimum Gasteiger partial charge on any atom is -0.484 e. The van der Waals surface area contributed by atoms with Gasteiger partial charge in [0.05, 0.1) is 17.7 Å². The first-order valence-corrected chi connectivity index (χ1v) is 10.2. The number of aromatic nitrogens is 4. The van der Waals surface area contributed by atoms with Crippen LogP contribution in [0.3, 0.4) is 0 Å². The Morgan fingerprint density at radius 1 is 1.16 bits per heavy atom. The number of halogens is 1. The lowest BCUT2D eigenvalue weighted by Gasteiger charge is -2.20. The molecule has 0 radical (unpaired) electrons. The first kappa shape index (κ1) is 20.0. The molecule has 0 spiro atoms. The van der Waals surface area contributed by atoms with Gasteiger partial charge < -0.3 is 9.15 Å². The zero-order valence-corrected chi connectivity index (χ0v) is 17.5. The summed E-state index contributed by atoms with van der Waals surface area (Å²) in [4.78, 5) is 13.1. The van der Waals surface area contributed by atoms with Gasteiger partial charge in [-0.25, -0.2) is 9.69 Å². The number of furan rings is 1. The number of tetrazole rings is 1. The Morgan fingerprint density at radius 3 is 2.78 bits per heavy atom. The van der Waals surface area contributed by atoms with Crippen LogP contribution in [0.25, 0.3) is 5.69 Å². The Hall–Kier alpha value is -3.98. The van der Waals surface area contributed by atoms with E-state index in [2.05, 4.69) is 20.6 Å². The maximum Gasteiger partial charge on any atom is 0.281 e. The second-order valence-electron chi connectivity index (χ2n) is 7.07. The third-order valence-electron chi connectivity index (χ3n) is 5.01. The summed E-state index contributed by atoms with van der Waals surface area (Å²) in [6.45, 7) is -0.187. The van der Waals surface area contributed by atoms with Crippen LogP contribution in [0.4, 0.5) is 0 Å². The largest absolute Gasteiger partial charge is 0.484 e. The number of ether oxygens (including phenoxy) is 1. The van der Waals surface area contributed by atoms with Crippen molar-refractivity contribution in [3.63, 3.8) is 0 Å². The fourth-order valence-corrected chi connectivity index (χ4v) is 3.59. The smallest absolute Gasteiger partial charge is 0.281 e. The Balaban J connectivity index is 1.34. The lowest BCUT2D eigenvalue weighted by Crippen LogP contribution is -2.31. The average molecular weight is 449 g/mol. The van der Waals surface area contributed by atoms with Crippen LogP contribution in [-0.2, 0) is 4.79 Å². The van der Waals surface area contributed by atoms with Gasteiger partial charge in [0.15, 0.2) is 6.61 Å². The van der Waals surface area contributed by atoms with Gasteiger partial charge >= 0.3 is 0 Å². The number of hydrazone groups is 1. The summed E-state index contributed by atoms with van der Waals surface area (Å²) in [6.07, 6.45) is 3.59. The molecule has 160 valence electrons. The normalized spacial score (nSPS) is 15.6. The molecule has 3 heterocycles. The van der Waals surface area contributed by atoms with E-state index in [-0.39, 0.29) is 18.6 Å². The van der Waals surface area contributed by atoms with Gasteiger partial charge in [-0.05, 0) is 52.4 Å². The molecule has 0 fully saturated rings. The van der Waals surface area contributed by atoms with Gasteiger partial charge in [-0.3, -0.25) is 4.79 Å². The van der Waals surface area contributed by atoms with E-state index >= 15 is 0 Å². The van der Waals surface area contributed by atoms with Crippen LogP contribution in [0, 0.1) is 0 Å². The van der Waals surface area contributed by atoms with Crippen molar-refractivity contribution >= 4 is 23.2 Å². The van der Waals surface area contributed by atoms with E-state index in [1.165, 1.54) is 16.0 Å². The van der Waals surface area contributed by atoms with Gasteiger partial charge in [0.2, 0.25) is 0 Å². The van der Waals surface area contributed by atoms with Crippen molar-refractivity contribution in [2.45, 2.75) is 12.5 Å². The van der Waals surface area contributed by atoms with Crippen molar-refractivity contribution in [1.82, 2.24) is 25.2 Å². The van der Waals surface area contributed by atoms with Crippen LogP contribution >= 0.6 is 11.6 Å². The third-order valence-corrected chi connectivity index (χ3v) is 5.26. The van der Waals surface area contributed by atoms with Gasteiger partial charge in [-0.1, -0.05) is 29.8 Å². The van der Waals surface area contributed by atoms with Crippen LogP contribution in [0.1, 0.15) is 23.8 Å². The van der Waals surface area contributed by atoms with E-state index in [1.807, 2.05) is 24.3 Å². The summed E-state index contributed by atoms with van der Waals surface area (Å²) in [5.74, 6) is 0.886. The Kier molecular flexibility index (Phi) is 5.39. The number of benzene rings is 2. The molecule has 0 N–H and O–H groups in total. The monoisotopic (exact) mass is 448 g/mol. The molecule has 0 bridgehead atoms. The second-order valence-corrected chi connectivity index (χ2v) is 7.50. The van der Waals surface area contributed by atoms with E-state index < -0.39 is 0 Å². The van der Waals surface area contributed by atoms with E-state index in [9.17, 15) is 4.79 Å². The number of carbonyl (C=O) groups is 1. The topological polar surface area (TPSA) is 98.6 Å². The molecule has 1 aliphatic rings. The van der Waals surface area contributed by atoms with Crippen LogP contribution in [0.2, 0.25) is 5.02 Å². The fourth-order valence-electron chi connectivity index (χ4n) is 3.47. The summed E-state index contributed by atoms with van der Waals surface area (Å²) in [5.41, 5.74) is 2.39. The zero-order chi connectivity index (χ0) is 21.9. The van der Waals surface area contributed by atoms with Crippen molar-refractivity contribution in [3.05, 3.63) is 89.6 Å². The van der Waals surface area contributed by atoms with Crippen molar-refractivity contribution in [1.29, 1.82) is 0 Å². The molecule has 0 aliphatic carbocycles. The van der Waals surface area contributed by atoms with Crippen molar-refractivity contribution in [2.24, 2.45) is 5.10 Å². The number of amides is 1. The fraction of sp³-hybridized carbons (Fsp3) is 0.136. The minimum absolute atomic E-state index is 0.187. The van der Waals surface area contributed by atoms with E-state index in [0.717, 1.165) is 17.0 Å². The Bertz CT molecular complexity index is 1240. The van der Waals surface area contributed by atoms with Gasteiger partial charge in [0, 0.05) is 17.5 Å². The van der Waals surface area contributed by atoms with E-state index in [0.29, 0.717) is 23.0 Å². The molecular weight excluding hydrogens is 432 g/mol. The van der Waals surface area contributed by atoms with E-state index in [4.69, 9.17) is 20.8 Å². The highest BCUT2D eigenvalue weighted by Crippen LogP contribution is 2.33. The molecular formula is C22H17ClN6O3. The number of carbonyl (C=O) groups excluding carboxylic acids is 1. The molecule has 5 rings (SSSR count). The SMILES string of the molecule is O=C(COc1cccc(-n2cnnn2)c1)N1N=C(c2ccc(Cl)cc2)CC1c1ccco1. The summed E-state index contributed by atoms with van der Waals surface area (Å²) in [5, 5.41) is 17.7. The molecule has 10 heteroatoms. The number of hydrogen-bond acceptors (Lipinski definition) is 7. The van der Waals surface area contributed by atoms with Gasteiger partial charge in [-0.15, -0.1) is 5.10 Å². The molecule has 0 saturated heterocycles. The third kappa shape index (κ3) is 4.10. The lowest BCUT2D eigenvalue weighted by atomic mass is 10.0. The second kappa shape index (κ2) is 8.64. The molecule has 2 aromatic heterocycles. The van der Waals surface area contributed by atoms with Gasteiger partial charge in [-0.2, -0.15) is 5.10 Å². The zero-order valence-electron chi connectivity index (χ0n) is 16.7. The van der Waals surface area contributed by atoms with Crippen molar-refractivity contribution in [2.75, 3.05) is 6.61 Å². The molecule has 2 aromatic carbocycles. The first-order chi connectivity index (χ1) is 15.7. The molecule has 1 unspecified atom stereocenters. The molecule has 1 aliphatic heterocycles. The molecule has 32 heavy (non-hydrogen) atoms. The number of rotatable bonds is 6. The Labute approximate surface area is 187 Å². The summed E-state index contributed by atoms with van der Waals surface area (Å²) in [6, 6.07) is 17.8. The van der Waals surface area contributed by atoms with Crippen molar-refractivity contribution < 1.29 is 13.9 Å². The molecule has 0 saturated carbocycles. The van der Waals surface area contributed by atoms with Crippen LogP contribution < -0.4 is 4.74 Å². The highest BCUT2D eigenvalue weighted by molar-refractivity contribution is 6.30. The number of hydrogen-bond donors (Lipinski definition) is 0. The average Bonchev–Trinajstić information content (AvgIpc) is 3.59. The first-order valence-electron chi connectivity index (χ1n) is 9.82. The Morgan fingerprint density at radius 2 is 2.03 bits per heavy atom. The number of nitrogens with zero attached hydrogens (tertiary/aromatic N) is 6. The predicted octanol–water partition coefficient (Wildman–Crippen LogP) is 3.67. The van der Waals surface area contributed by atoms with Gasteiger partial charge in [0.25, 0.3) is 5.91 Å². The summed E-state index contributed by atoms with van der Waals surface area (Å²) >= 11 is 6.00. The highest BCUT2D eigenvalue weighted by atomic mass is 35.5.